The Kier molecular flexibility index (Phi) is 6.37. The summed E-state index contributed by atoms with van der Waals surface area (Å²) >= 11 is 0. The molecule has 0 spiro atoms. The highest BCUT2D eigenvalue weighted by atomic mass is 31.1. The van der Waals surface area contributed by atoms with E-state index in [9.17, 15) is 0 Å². The summed E-state index contributed by atoms with van der Waals surface area (Å²) in [7, 11) is -0.437. The number of aryl methyl sites for hydroxylation is 1. The molecule has 3 heteroatoms. The van der Waals surface area contributed by atoms with Crippen molar-refractivity contribution in [2.24, 2.45) is 0 Å². The maximum Gasteiger partial charge on any atom is 0.0733 e. The third-order valence-corrected chi connectivity index (χ3v) is 7.49. The number of fused-ring (bicyclic) bond motifs is 1. The second-order valence-corrected chi connectivity index (χ2v) is 7.68. The average Bonchev–Trinajstić information content (AvgIpc) is 2.56. The van der Waals surface area contributed by atoms with Crippen LogP contribution in [0, 0.1) is 6.92 Å². The van der Waals surface area contributed by atoms with Crippen molar-refractivity contribution in [2.45, 2.75) is 34.6 Å². The van der Waals surface area contributed by atoms with E-state index in [1.807, 2.05) is 0 Å². The normalized spacial score (nSPS) is 12.0. The van der Waals surface area contributed by atoms with Crippen molar-refractivity contribution in [3.05, 3.63) is 42.0 Å². The van der Waals surface area contributed by atoms with E-state index in [0.717, 1.165) is 26.2 Å². The molecule has 22 heavy (non-hydrogen) atoms. The Morgan fingerprint density at radius 3 is 1.86 bits per heavy atom. The van der Waals surface area contributed by atoms with Crippen molar-refractivity contribution in [3.63, 3.8) is 0 Å². The molecule has 0 fully saturated rings. The summed E-state index contributed by atoms with van der Waals surface area (Å²) in [6.45, 7) is 15.8. The van der Waals surface area contributed by atoms with Crippen molar-refractivity contribution >= 4 is 24.3 Å². The zero-order valence-electron chi connectivity index (χ0n) is 14.6. The van der Waals surface area contributed by atoms with E-state index in [2.05, 4.69) is 80.4 Å². The maximum absolute atomic E-state index is 2.64. The summed E-state index contributed by atoms with van der Waals surface area (Å²) in [5.41, 5.74) is 1.42. The van der Waals surface area contributed by atoms with E-state index in [-0.39, 0.29) is 0 Å². The fraction of sp³-hybridized carbons (Fsp3) is 0.474. The van der Waals surface area contributed by atoms with Gasteiger partial charge in [-0.1, -0.05) is 64.1 Å². The zero-order chi connectivity index (χ0) is 16.1. The molecule has 0 amide bonds. The molecule has 2 aromatic carbocycles. The number of benzene rings is 2. The highest BCUT2D eigenvalue weighted by Gasteiger charge is 2.26. The van der Waals surface area contributed by atoms with Crippen molar-refractivity contribution in [3.8, 4) is 0 Å². The molecular weight excluding hydrogens is 287 g/mol. The van der Waals surface area contributed by atoms with Crippen LogP contribution in [0.2, 0.25) is 0 Å². The minimum Gasteiger partial charge on any atom is -0.267 e. The van der Waals surface area contributed by atoms with Gasteiger partial charge in [0, 0.05) is 31.5 Å². The molecule has 0 aliphatic carbocycles. The van der Waals surface area contributed by atoms with E-state index in [1.165, 1.54) is 16.3 Å². The van der Waals surface area contributed by atoms with Crippen molar-refractivity contribution in [1.82, 2.24) is 9.34 Å². The number of rotatable bonds is 7. The minimum absolute atomic E-state index is 0.437. The quantitative estimate of drug-likeness (QED) is 0.679. The van der Waals surface area contributed by atoms with Gasteiger partial charge in [-0.15, -0.1) is 0 Å². The standard InChI is InChI=1S/C19H29N2P/c1-6-20(7-2)22(21(8-3)9-4)19-16(5)14-15-17-12-10-11-13-18(17)19/h10-15H,6-9H2,1-5H3. The van der Waals surface area contributed by atoms with Gasteiger partial charge in [-0.2, -0.15) is 0 Å². The van der Waals surface area contributed by atoms with Gasteiger partial charge in [-0.3, -0.25) is 9.34 Å². The van der Waals surface area contributed by atoms with Crippen LogP contribution < -0.4 is 5.30 Å². The first-order valence-electron chi connectivity index (χ1n) is 8.45. The Morgan fingerprint density at radius 1 is 0.773 bits per heavy atom. The molecular formula is C19H29N2P. The lowest BCUT2D eigenvalue weighted by atomic mass is 10.1. The smallest absolute Gasteiger partial charge is 0.0733 e. The molecule has 0 saturated heterocycles. The van der Waals surface area contributed by atoms with Crippen LogP contribution in [0.4, 0.5) is 0 Å². The first-order valence-corrected chi connectivity index (χ1v) is 9.70. The lowest BCUT2D eigenvalue weighted by molar-refractivity contribution is 0.430. The Hall–Kier alpha value is -0.950. The molecule has 0 aliphatic rings. The second kappa shape index (κ2) is 8.06. The lowest BCUT2D eigenvalue weighted by Crippen LogP contribution is -2.34. The summed E-state index contributed by atoms with van der Waals surface area (Å²) < 4.78 is 5.27. The average molecular weight is 316 g/mol. The van der Waals surface area contributed by atoms with Gasteiger partial charge >= 0.3 is 0 Å². The van der Waals surface area contributed by atoms with Gasteiger partial charge in [-0.05, 0) is 23.3 Å². The van der Waals surface area contributed by atoms with Crippen LogP contribution in [-0.2, 0) is 0 Å². The summed E-state index contributed by atoms with van der Waals surface area (Å²) in [4.78, 5) is 0. The third-order valence-electron chi connectivity index (χ3n) is 4.30. The summed E-state index contributed by atoms with van der Waals surface area (Å²) in [5.74, 6) is 0. The largest absolute Gasteiger partial charge is 0.267 e. The van der Waals surface area contributed by atoms with Gasteiger partial charge in [0.25, 0.3) is 0 Å². The first kappa shape index (κ1) is 17.4. The Morgan fingerprint density at radius 2 is 1.32 bits per heavy atom. The predicted molar refractivity (Wildman–Crippen MR) is 101 cm³/mol. The molecule has 0 atom stereocenters. The Labute approximate surface area is 137 Å². The Bertz CT molecular complexity index is 591. The van der Waals surface area contributed by atoms with Gasteiger partial charge in [0.15, 0.2) is 0 Å². The van der Waals surface area contributed by atoms with E-state index in [0.29, 0.717) is 0 Å². The maximum atomic E-state index is 2.64. The SMILES string of the molecule is CCN(CC)P(c1c(C)ccc2ccccc12)N(CC)CC. The molecule has 2 aromatic rings. The van der Waals surface area contributed by atoms with Crippen LogP contribution in [0.1, 0.15) is 33.3 Å². The van der Waals surface area contributed by atoms with Gasteiger partial charge in [0.05, 0.1) is 8.22 Å². The lowest BCUT2D eigenvalue weighted by Gasteiger charge is -2.39. The molecule has 0 aromatic heterocycles. The van der Waals surface area contributed by atoms with E-state index >= 15 is 0 Å². The van der Waals surface area contributed by atoms with Crippen LogP contribution in [-0.4, -0.2) is 35.5 Å². The summed E-state index contributed by atoms with van der Waals surface area (Å²) in [6, 6.07) is 13.4. The van der Waals surface area contributed by atoms with Crippen molar-refractivity contribution in [2.75, 3.05) is 26.2 Å². The molecule has 2 rings (SSSR count). The van der Waals surface area contributed by atoms with Gasteiger partial charge in [0.1, 0.15) is 0 Å². The number of hydrogen-bond donors (Lipinski definition) is 0. The van der Waals surface area contributed by atoms with Crippen LogP contribution in [0.25, 0.3) is 10.8 Å². The Balaban J connectivity index is 2.67. The highest BCUT2D eigenvalue weighted by molar-refractivity contribution is 7.61. The molecule has 2 nitrogen and oxygen atoms in total. The van der Waals surface area contributed by atoms with Gasteiger partial charge < -0.3 is 0 Å². The zero-order valence-corrected chi connectivity index (χ0v) is 15.5. The third kappa shape index (κ3) is 3.35. The second-order valence-electron chi connectivity index (χ2n) is 5.52. The molecule has 0 N–H and O–H groups in total. The molecule has 0 heterocycles. The van der Waals surface area contributed by atoms with Crippen LogP contribution in [0.15, 0.2) is 36.4 Å². The number of nitrogens with zero attached hydrogens (tertiary/aromatic N) is 2. The topological polar surface area (TPSA) is 6.48 Å². The molecule has 0 aliphatic heterocycles. The summed E-state index contributed by atoms with van der Waals surface area (Å²) in [5, 5.41) is 4.32. The monoisotopic (exact) mass is 316 g/mol. The van der Waals surface area contributed by atoms with E-state index in [4.69, 9.17) is 0 Å². The minimum atomic E-state index is -0.437. The molecule has 0 saturated carbocycles. The van der Waals surface area contributed by atoms with E-state index < -0.39 is 8.22 Å². The number of hydrogen-bond acceptors (Lipinski definition) is 2. The molecule has 0 unspecified atom stereocenters. The predicted octanol–water partition coefficient (Wildman–Crippen LogP) is 4.77. The molecule has 0 radical (unpaired) electrons. The molecule has 120 valence electrons. The molecule has 0 bridgehead atoms. The van der Waals surface area contributed by atoms with Crippen LogP contribution in [0.3, 0.4) is 0 Å². The fourth-order valence-corrected chi connectivity index (χ4v) is 5.88. The fourth-order valence-electron chi connectivity index (χ4n) is 3.07. The summed E-state index contributed by atoms with van der Waals surface area (Å²) in [6.07, 6.45) is 0. The highest BCUT2D eigenvalue weighted by Crippen LogP contribution is 2.45. The van der Waals surface area contributed by atoms with Crippen molar-refractivity contribution in [1.29, 1.82) is 0 Å². The van der Waals surface area contributed by atoms with E-state index in [1.54, 1.807) is 5.30 Å². The van der Waals surface area contributed by atoms with Gasteiger partial charge in [-0.25, -0.2) is 0 Å². The van der Waals surface area contributed by atoms with Crippen molar-refractivity contribution < 1.29 is 0 Å². The van der Waals surface area contributed by atoms with Gasteiger partial charge in [0.2, 0.25) is 0 Å². The first-order chi connectivity index (χ1) is 10.7. The van der Waals surface area contributed by atoms with Crippen LogP contribution >= 0.6 is 8.22 Å². The van der Waals surface area contributed by atoms with Crippen LogP contribution in [0.5, 0.6) is 0 Å².